The summed E-state index contributed by atoms with van der Waals surface area (Å²) in [5, 5.41) is 7.75. The summed E-state index contributed by atoms with van der Waals surface area (Å²) < 4.78 is 0. The number of nitrogens with one attached hydrogen (secondary N) is 2. The van der Waals surface area contributed by atoms with Crippen LogP contribution in [0, 0.1) is 5.92 Å². The van der Waals surface area contributed by atoms with Gasteiger partial charge in [0.1, 0.15) is 0 Å². The van der Waals surface area contributed by atoms with Crippen LogP contribution in [0.2, 0.25) is 5.02 Å². The monoisotopic (exact) mass is 238 g/mol. The minimum absolute atomic E-state index is 0.793. The fraction of sp³-hybridized carbons (Fsp3) is 0.538. The lowest BCUT2D eigenvalue weighted by molar-refractivity contribution is 0.360. The molecule has 3 heteroatoms. The van der Waals surface area contributed by atoms with Crippen LogP contribution in [0.4, 0.5) is 0 Å². The van der Waals surface area contributed by atoms with E-state index in [1.165, 1.54) is 24.9 Å². The van der Waals surface area contributed by atoms with Gasteiger partial charge in [-0.2, -0.15) is 0 Å². The molecule has 0 unspecified atom stereocenters. The van der Waals surface area contributed by atoms with Crippen LogP contribution in [0.25, 0.3) is 0 Å². The minimum Gasteiger partial charge on any atom is -0.316 e. The Morgan fingerprint density at radius 2 is 2.12 bits per heavy atom. The molecule has 0 spiro atoms. The van der Waals surface area contributed by atoms with Crippen LogP contribution in [-0.2, 0) is 6.54 Å². The molecule has 1 heterocycles. The first-order chi connectivity index (χ1) is 7.84. The van der Waals surface area contributed by atoms with Crippen molar-refractivity contribution in [1.29, 1.82) is 0 Å². The van der Waals surface area contributed by atoms with Crippen molar-refractivity contribution in [3.05, 3.63) is 34.9 Å². The lowest BCUT2D eigenvalue weighted by Gasteiger charge is -2.22. The fourth-order valence-electron chi connectivity index (χ4n) is 2.12. The van der Waals surface area contributed by atoms with Gasteiger partial charge in [0.2, 0.25) is 0 Å². The van der Waals surface area contributed by atoms with Gasteiger partial charge in [0.15, 0.2) is 0 Å². The molecule has 1 saturated heterocycles. The third-order valence-corrected chi connectivity index (χ3v) is 3.33. The number of halogens is 1. The molecule has 0 radical (unpaired) electrons. The van der Waals surface area contributed by atoms with Gasteiger partial charge in [-0.25, -0.2) is 0 Å². The number of piperidine rings is 1. The molecule has 2 rings (SSSR count). The number of rotatable bonds is 4. The van der Waals surface area contributed by atoms with E-state index in [1.54, 1.807) is 0 Å². The van der Waals surface area contributed by atoms with E-state index >= 15 is 0 Å². The Balaban J connectivity index is 1.69. The molecular weight excluding hydrogens is 220 g/mol. The molecular formula is C13H19ClN2. The van der Waals surface area contributed by atoms with E-state index in [4.69, 9.17) is 11.6 Å². The summed E-state index contributed by atoms with van der Waals surface area (Å²) in [4.78, 5) is 0. The standard InChI is InChI=1S/C13H19ClN2/c14-13-5-3-11(4-6-13)8-16-10-12-2-1-7-15-9-12/h3-6,12,15-16H,1-2,7-10H2/t12-/m1/s1. The van der Waals surface area contributed by atoms with E-state index in [0.29, 0.717) is 0 Å². The molecule has 1 atom stereocenters. The zero-order valence-corrected chi connectivity index (χ0v) is 10.3. The van der Waals surface area contributed by atoms with Crippen molar-refractivity contribution in [3.8, 4) is 0 Å². The molecule has 1 fully saturated rings. The highest BCUT2D eigenvalue weighted by Crippen LogP contribution is 2.10. The highest BCUT2D eigenvalue weighted by molar-refractivity contribution is 6.30. The maximum Gasteiger partial charge on any atom is 0.0406 e. The van der Waals surface area contributed by atoms with Crippen molar-refractivity contribution in [2.75, 3.05) is 19.6 Å². The molecule has 0 aliphatic carbocycles. The SMILES string of the molecule is Clc1ccc(CNC[C@@H]2CCCNC2)cc1. The lowest BCUT2D eigenvalue weighted by Crippen LogP contribution is -2.35. The van der Waals surface area contributed by atoms with Gasteiger partial charge in [0, 0.05) is 11.6 Å². The van der Waals surface area contributed by atoms with Crippen molar-refractivity contribution >= 4 is 11.6 Å². The topological polar surface area (TPSA) is 24.1 Å². The molecule has 1 aliphatic rings. The van der Waals surface area contributed by atoms with Crippen molar-refractivity contribution in [3.63, 3.8) is 0 Å². The number of hydrogen-bond acceptors (Lipinski definition) is 2. The quantitative estimate of drug-likeness (QED) is 0.842. The maximum absolute atomic E-state index is 5.84. The first kappa shape index (κ1) is 11.9. The van der Waals surface area contributed by atoms with E-state index in [-0.39, 0.29) is 0 Å². The predicted octanol–water partition coefficient (Wildman–Crippen LogP) is 2.43. The van der Waals surface area contributed by atoms with E-state index in [2.05, 4.69) is 22.8 Å². The van der Waals surface area contributed by atoms with Gasteiger partial charge in [-0.15, -0.1) is 0 Å². The second kappa shape index (κ2) is 6.24. The van der Waals surface area contributed by atoms with Crippen LogP contribution in [-0.4, -0.2) is 19.6 Å². The molecule has 0 aromatic heterocycles. The minimum atomic E-state index is 0.793. The maximum atomic E-state index is 5.84. The predicted molar refractivity (Wildman–Crippen MR) is 68.8 cm³/mol. The second-order valence-electron chi connectivity index (χ2n) is 4.47. The van der Waals surface area contributed by atoms with Gasteiger partial charge in [-0.1, -0.05) is 23.7 Å². The van der Waals surface area contributed by atoms with Gasteiger partial charge >= 0.3 is 0 Å². The van der Waals surface area contributed by atoms with E-state index < -0.39 is 0 Å². The molecule has 16 heavy (non-hydrogen) atoms. The van der Waals surface area contributed by atoms with Gasteiger partial charge in [0.25, 0.3) is 0 Å². The molecule has 0 bridgehead atoms. The molecule has 0 saturated carbocycles. The average molecular weight is 239 g/mol. The summed E-state index contributed by atoms with van der Waals surface area (Å²) in [6.07, 6.45) is 2.66. The van der Waals surface area contributed by atoms with E-state index in [0.717, 1.165) is 30.6 Å². The van der Waals surface area contributed by atoms with Gasteiger partial charge in [-0.05, 0) is 56.1 Å². The van der Waals surface area contributed by atoms with Gasteiger partial charge in [0.05, 0.1) is 0 Å². The Bertz CT molecular complexity index is 304. The normalized spacial score (nSPS) is 20.9. The van der Waals surface area contributed by atoms with E-state index in [1.807, 2.05) is 12.1 Å². The Kier molecular flexibility index (Phi) is 4.64. The molecule has 1 aromatic carbocycles. The Morgan fingerprint density at radius 1 is 1.31 bits per heavy atom. The van der Waals surface area contributed by atoms with Crippen LogP contribution in [0.15, 0.2) is 24.3 Å². The first-order valence-corrected chi connectivity index (χ1v) is 6.38. The molecule has 2 N–H and O–H groups in total. The number of benzene rings is 1. The summed E-state index contributed by atoms with van der Waals surface area (Å²) in [6, 6.07) is 8.05. The smallest absolute Gasteiger partial charge is 0.0406 e. The highest BCUT2D eigenvalue weighted by atomic mass is 35.5. The summed E-state index contributed by atoms with van der Waals surface area (Å²) in [5.74, 6) is 0.793. The second-order valence-corrected chi connectivity index (χ2v) is 4.91. The summed E-state index contributed by atoms with van der Waals surface area (Å²) in [7, 11) is 0. The zero-order valence-electron chi connectivity index (χ0n) is 9.51. The summed E-state index contributed by atoms with van der Waals surface area (Å²) >= 11 is 5.84. The van der Waals surface area contributed by atoms with Crippen LogP contribution in [0.5, 0.6) is 0 Å². The Hall–Kier alpha value is -0.570. The van der Waals surface area contributed by atoms with Crippen molar-refractivity contribution < 1.29 is 0 Å². The highest BCUT2D eigenvalue weighted by Gasteiger charge is 2.11. The van der Waals surface area contributed by atoms with Crippen LogP contribution in [0.3, 0.4) is 0 Å². The van der Waals surface area contributed by atoms with Crippen molar-refractivity contribution in [2.45, 2.75) is 19.4 Å². The molecule has 2 nitrogen and oxygen atoms in total. The van der Waals surface area contributed by atoms with Crippen molar-refractivity contribution in [2.24, 2.45) is 5.92 Å². The number of hydrogen-bond donors (Lipinski definition) is 2. The van der Waals surface area contributed by atoms with Gasteiger partial charge in [-0.3, -0.25) is 0 Å². The Labute approximate surface area is 102 Å². The van der Waals surface area contributed by atoms with Gasteiger partial charge < -0.3 is 10.6 Å². The summed E-state index contributed by atoms with van der Waals surface area (Å²) in [6.45, 7) is 4.39. The molecule has 88 valence electrons. The third kappa shape index (κ3) is 3.78. The van der Waals surface area contributed by atoms with Crippen LogP contribution in [0.1, 0.15) is 18.4 Å². The molecule has 1 aliphatic heterocycles. The molecule has 0 amide bonds. The largest absolute Gasteiger partial charge is 0.316 e. The molecule has 1 aromatic rings. The third-order valence-electron chi connectivity index (χ3n) is 3.07. The van der Waals surface area contributed by atoms with E-state index in [9.17, 15) is 0 Å². The lowest BCUT2D eigenvalue weighted by atomic mass is 10.00. The van der Waals surface area contributed by atoms with Crippen LogP contribution >= 0.6 is 11.6 Å². The fourth-order valence-corrected chi connectivity index (χ4v) is 2.25. The summed E-state index contributed by atoms with van der Waals surface area (Å²) in [5.41, 5.74) is 1.30. The average Bonchev–Trinajstić information content (AvgIpc) is 2.33. The zero-order chi connectivity index (χ0) is 11.2. The Morgan fingerprint density at radius 3 is 2.81 bits per heavy atom. The van der Waals surface area contributed by atoms with Crippen molar-refractivity contribution in [1.82, 2.24) is 10.6 Å². The first-order valence-electron chi connectivity index (χ1n) is 6.00. The van der Waals surface area contributed by atoms with Crippen LogP contribution < -0.4 is 10.6 Å².